The van der Waals surface area contributed by atoms with Crippen molar-refractivity contribution in [2.45, 2.75) is 30.7 Å². The summed E-state index contributed by atoms with van der Waals surface area (Å²) in [4.78, 5) is 14.0. The minimum absolute atomic E-state index is 0.202. The van der Waals surface area contributed by atoms with Crippen molar-refractivity contribution in [2.24, 2.45) is 0 Å². The van der Waals surface area contributed by atoms with Crippen molar-refractivity contribution in [1.82, 2.24) is 4.98 Å². The molecule has 24 heavy (non-hydrogen) atoms. The van der Waals surface area contributed by atoms with Crippen LogP contribution in [0.5, 0.6) is 5.75 Å². The highest BCUT2D eigenvalue weighted by Crippen LogP contribution is 2.38. The summed E-state index contributed by atoms with van der Waals surface area (Å²) in [6, 6.07) is 3.48. The number of aliphatic carboxylic acids is 1. The average Bonchev–Trinajstić information content (AvgIpc) is 2.94. The number of aromatic nitrogens is 1. The molecule has 1 saturated heterocycles. The van der Waals surface area contributed by atoms with Crippen molar-refractivity contribution >= 4 is 44.4 Å². The number of nitrogens with one attached hydrogen (secondary N) is 1. The number of aromatic amines is 1. The van der Waals surface area contributed by atoms with E-state index in [1.807, 2.05) is 0 Å². The number of hydrogen-bond donors (Lipinski definition) is 5. The average molecular weight is 423 g/mol. The zero-order valence-electron chi connectivity index (χ0n) is 11.9. The molecule has 1 aliphatic rings. The molecule has 1 aromatic carbocycles. The van der Waals surface area contributed by atoms with Gasteiger partial charge in [0.25, 0.3) is 0 Å². The second kappa shape index (κ2) is 6.51. The van der Waals surface area contributed by atoms with Crippen LogP contribution in [0.15, 0.2) is 22.8 Å². The topological polar surface area (TPSA) is 132 Å². The fourth-order valence-corrected chi connectivity index (χ4v) is 3.08. The summed E-state index contributed by atoms with van der Waals surface area (Å²) in [7, 11) is 0. The molecule has 1 fully saturated rings. The first-order chi connectivity index (χ1) is 11.3. The SMILES string of the molecule is O=C(O)[C@@H]1O[C@@H](Oc2c[nH]c3ccc(Br)c(Cl)c23)[C@@H](O)[C@H](O)[C@@H]1O. The summed E-state index contributed by atoms with van der Waals surface area (Å²) in [5.74, 6) is -1.28. The van der Waals surface area contributed by atoms with Crippen LogP contribution >= 0.6 is 27.5 Å². The molecule has 0 bridgehead atoms. The molecule has 2 aromatic rings. The largest absolute Gasteiger partial charge is 0.479 e. The summed E-state index contributed by atoms with van der Waals surface area (Å²) in [5.41, 5.74) is 0.652. The number of H-pyrrole nitrogens is 1. The summed E-state index contributed by atoms with van der Waals surface area (Å²) in [6.07, 6.45) is -6.94. The van der Waals surface area contributed by atoms with E-state index in [1.54, 1.807) is 12.1 Å². The number of carboxylic acid groups (broad SMARTS) is 1. The maximum Gasteiger partial charge on any atom is 0.335 e. The van der Waals surface area contributed by atoms with Gasteiger partial charge in [-0.1, -0.05) is 11.6 Å². The number of ether oxygens (including phenoxy) is 2. The van der Waals surface area contributed by atoms with Gasteiger partial charge in [0.2, 0.25) is 6.29 Å². The zero-order valence-corrected chi connectivity index (χ0v) is 14.2. The molecular formula is C14H13BrClNO7. The molecule has 0 unspecified atom stereocenters. The highest BCUT2D eigenvalue weighted by Gasteiger charge is 2.48. The van der Waals surface area contributed by atoms with Crippen molar-refractivity contribution < 1.29 is 34.7 Å². The summed E-state index contributed by atoms with van der Waals surface area (Å²) in [5, 5.41) is 39.4. The normalized spacial score (nSPS) is 30.5. The molecule has 1 aliphatic heterocycles. The number of aliphatic hydroxyl groups excluding tert-OH is 3. The van der Waals surface area contributed by atoms with E-state index in [2.05, 4.69) is 20.9 Å². The minimum atomic E-state index is -1.78. The van der Waals surface area contributed by atoms with Crippen molar-refractivity contribution in [2.75, 3.05) is 0 Å². The van der Waals surface area contributed by atoms with Crippen LogP contribution in [0.3, 0.4) is 0 Å². The lowest BCUT2D eigenvalue weighted by molar-refractivity contribution is -0.270. The highest BCUT2D eigenvalue weighted by atomic mass is 79.9. The maximum absolute atomic E-state index is 11.1. The zero-order chi connectivity index (χ0) is 17.6. The second-order valence-electron chi connectivity index (χ2n) is 5.29. The first-order valence-electron chi connectivity index (χ1n) is 6.85. The maximum atomic E-state index is 11.1. The highest BCUT2D eigenvalue weighted by molar-refractivity contribution is 9.10. The molecule has 0 spiro atoms. The van der Waals surface area contributed by atoms with E-state index in [4.69, 9.17) is 26.2 Å². The quantitative estimate of drug-likeness (QED) is 0.495. The van der Waals surface area contributed by atoms with E-state index in [1.165, 1.54) is 6.20 Å². The molecule has 1 aromatic heterocycles. The van der Waals surface area contributed by atoms with E-state index in [0.717, 1.165) is 0 Å². The van der Waals surface area contributed by atoms with Gasteiger partial charge in [-0.3, -0.25) is 0 Å². The van der Waals surface area contributed by atoms with E-state index >= 15 is 0 Å². The second-order valence-corrected chi connectivity index (χ2v) is 6.52. The number of carboxylic acids is 1. The first kappa shape index (κ1) is 17.5. The molecule has 2 heterocycles. The summed E-state index contributed by atoms with van der Waals surface area (Å²) >= 11 is 9.51. The molecule has 0 radical (unpaired) electrons. The molecule has 10 heteroatoms. The van der Waals surface area contributed by atoms with E-state index < -0.39 is 36.7 Å². The number of fused-ring (bicyclic) bond motifs is 1. The van der Waals surface area contributed by atoms with Gasteiger partial charge in [0.05, 0.1) is 15.9 Å². The molecule has 5 N–H and O–H groups in total. The predicted molar refractivity (Wildman–Crippen MR) is 86.0 cm³/mol. The molecule has 3 rings (SSSR count). The van der Waals surface area contributed by atoms with Crippen molar-refractivity contribution in [3.63, 3.8) is 0 Å². The standard InChI is InChI=1S/C14H13BrClNO7/c15-4-1-2-5-7(8(4)16)6(3-17-5)23-14-11(20)9(18)10(19)12(24-14)13(21)22/h1-3,9-12,14,17-20H,(H,21,22)/t9-,10+,11+,12-,14-/m1/s1. The van der Waals surface area contributed by atoms with Gasteiger partial charge in [0.1, 0.15) is 24.1 Å². The van der Waals surface area contributed by atoms with E-state index in [9.17, 15) is 20.1 Å². The molecule has 0 amide bonds. The Morgan fingerprint density at radius 3 is 2.62 bits per heavy atom. The lowest BCUT2D eigenvalue weighted by Gasteiger charge is -2.38. The van der Waals surface area contributed by atoms with Crippen LogP contribution in [0, 0.1) is 0 Å². The fourth-order valence-electron chi connectivity index (χ4n) is 2.49. The summed E-state index contributed by atoms with van der Waals surface area (Å²) in [6.45, 7) is 0. The van der Waals surface area contributed by atoms with E-state index in [-0.39, 0.29) is 5.75 Å². The Hall–Kier alpha value is -1.36. The third kappa shape index (κ3) is 2.87. The number of hydrogen-bond acceptors (Lipinski definition) is 6. The fraction of sp³-hybridized carbons (Fsp3) is 0.357. The van der Waals surface area contributed by atoms with Crippen LogP contribution in [-0.2, 0) is 9.53 Å². The monoisotopic (exact) mass is 421 g/mol. The van der Waals surface area contributed by atoms with Crippen LogP contribution < -0.4 is 4.74 Å². The van der Waals surface area contributed by atoms with Gasteiger partial charge in [-0.15, -0.1) is 0 Å². The lowest BCUT2D eigenvalue weighted by atomic mass is 9.99. The van der Waals surface area contributed by atoms with Gasteiger partial charge in [-0.25, -0.2) is 4.79 Å². The first-order valence-corrected chi connectivity index (χ1v) is 8.02. The Balaban J connectivity index is 1.93. The Morgan fingerprint density at radius 2 is 1.96 bits per heavy atom. The van der Waals surface area contributed by atoms with Crippen LogP contribution in [0.25, 0.3) is 10.9 Å². The Bertz CT molecular complexity index is 782. The van der Waals surface area contributed by atoms with Crippen LogP contribution in [0.4, 0.5) is 0 Å². The molecule has 5 atom stereocenters. The number of rotatable bonds is 3. The molecule has 0 saturated carbocycles. The molecule has 0 aliphatic carbocycles. The van der Waals surface area contributed by atoms with Crippen LogP contribution in [0.1, 0.15) is 0 Å². The smallest absolute Gasteiger partial charge is 0.335 e. The van der Waals surface area contributed by atoms with E-state index in [0.29, 0.717) is 20.4 Å². The molecule has 130 valence electrons. The summed E-state index contributed by atoms with van der Waals surface area (Å²) < 4.78 is 11.2. The predicted octanol–water partition coefficient (Wildman–Crippen LogP) is 0.855. The minimum Gasteiger partial charge on any atom is -0.479 e. The number of halogens is 2. The third-order valence-corrected chi connectivity index (χ3v) is 5.04. The van der Waals surface area contributed by atoms with Crippen LogP contribution in [-0.4, -0.2) is 62.1 Å². The van der Waals surface area contributed by atoms with Gasteiger partial charge in [-0.2, -0.15) is 0 Å². The van der Waals surface area contributed by atoms with Crippen molar-refractivity contribution in [3.8, 4) is 5.75 Å². The van der Waals surface area contributed by atoms with Gasteiger partial charge >= 0.3 is 5.97 Å². The Labute approximate surface area is 148 Å². The van der Waals surface area contributed by atoms with Crippen molar-refractivity contribution in [3.05, 3.63) is 27.8 Å². The van der Waals surface area contributed by atoms with Gasteiger partial charge in [0.15, 0.2) is 6.10 Å². The molecule has 8 nitrogen and oxygen atoms in total. The lowest BCUT2D eigenvalue weighted by Crippen LogP contribution is -2.61. The third-order valence-electron chi connectivity index (χ3n) is 3.76. The Kier molecular flexibility index (Phi) is 4.73. The Morgan fingerprint density at radius 1 is 1.25 bits per heavy atom. The van der Waals surface area contributed by atoms with Crippen LogP contribution in [0.2, 0.25) is 5.02 Å². The number of carbonyl (C=O) groups is 1. The van der Waals surface area contributed by atoms with Gasteiger partial charge in [-0.05, 0) is 28.1 Å². The van der Waals surface area contributed by atoms with Gasteiger partial charge < -0.3 is 34.9 Å². The number of benzene rings is 1. The number of aliphatic hydroxyl groups is 3. The van der Waals surface area contributed by atoms with Gasteiger partial charge in [0, 0.05) is 10.7 Å². The molecular weight excluding hydrogens is 410 g/mol. The van der Waals surface area contributed by atoms with Crippen molar-refractivity contribution in [1.29, 1.82) is 0 Å².